The van der Waals surface area contributed by atoms with E-state index in [2.05, 4.69) is 11.2 Å². The van der Waals surface area contributed by atoms with Gasteiger partial charge in [-0.3, -0.25) is 0 Å². The molecule has 0 saturated carbocycles. The van der Waals surface area contributed by atoms with Crippen molar-refractivity contribution in [3.8, 4) is 18.1 Å². The van der Waals surface area contributed by atoms with Crippen molar-refractivity contribution >= 4 is 5.69 Å². The molecule has 1 fully saturated rings. The van der Waals surface area contributed by atoms with Gasteiger partial charge >= 0.3 is 0 Å². The lowest BCUT2D eigenvalue weighted by atomic mass is 10.0. The van der Waals surface area contributed by atoms with Gasteiger partial charge in [0.1, 0.15) is 18.2 Å². The average Bonchev–Trinajstić information content (AvgIpc) is 2.38. The summed E-state index contributed by atoms with van der Waals surface area (Å²) in [6.45, 7) is 2.92. The molecule has 0 unspecified atom stereocenters. The Balaban J connectivity index is 2.09. The monoisotopic (exact) mass is 263 g/mol. The quantitative estimate of drug-likeness (QED) is 0.847. The minimum Gasteiger partial charge on any atom is -0.479 e. The minimum atomic E-state index is -0.296. The molecule has 1 heterocycles. The third-order valence-electron chi connectivity index (χ3n) is 3.10. The van der Waals surface area contributed by atoms with E-state index < -0.39 is 0 Å². The van der Waals surface area contributed by atoms with E-state index in [4.69, 9.17) is 15.9 Å². The van der Waals surface area contributed by atoms with Gasteiger partial charge < -0.3 is 14.8 Å². The fourth-order valence-corrected chi connectivity index (χ4v) is 2.21. The van der Waals surface area contributed by atoms with Crippen molar-refractivity contribution in [1.82, 2.24) is 0 Å². The van der Waals surface area contributed by atoms with Crippen LogP contribution in [0.4, 0.5) is 10.1 Å². The molecule has 3 nitrogen and oxygen atoms in total. The second-order valence-electron chi connectivity index (χ2n) is 4.68. The van der Waals surface area contributed by atoms with Crippen LogP contribution in [0, 0.1) is 18.2 Å². The number of ether oxygens (including phenoxy) is 2. The summed E-state index contributed by atoms with van der Waals surface area (Å²) in [5, 5.41) is 3.32. The summed E-state index contributed by atoms with van der Waals surface area (Å²) in [6, 6.07) is 4.66. The molecule has 0 aliphatic carbocycles. The van der Waals surface area contributed by atoms with Crippen LogP contribution in [-0.2, 0) is 4.74 Å². The zero-order valence-electron chi connectivity index (χ0n) is 11.0. The van der Waals surface area contributed by atoms with Gasteiger partial charge in [-0.2, -0.15) is 0 Å². The molecule has 2 atom stereocenters. The maximum Gasteiger partial charge on any atom is 0.148 e. The normalized spacial score (nSPS) is 22.6. The number of terminal acetylenes is 1. The van der Waals surface area contributed by atoms with Crippen LogP contribution < -0.4 is 10.1 Å². The fourth-order valence-electron chi connectivity index (χ4n) is 2.21. The largest absolute Gasteiger partial charge is 0.479 e. The van der Waals surface area contributed by atoms with Crippen LogP contribution in [-0.4, -0.2) is 25.4 Å². The summed E-state index contributed by atoms with van der Waals surface area (Å²) in [7, 11) is 0. The number of rotatable bonds is 4. The first kappa shape index (κ1) is 13.7. The zero-order chi connectivity index (χ0) is 13.7. The van der Waals surface area contributed by atoms with Crippen LogP contribution in [0.5, 0.6) is 5.75 Å². The maximum absolute atomic E-state index is 13.3. The highest BCUT2D eigenvalue weighted by atomic mass is 19.1. The zero-order valence-corrected chi connectivity index (χ0v) is 11.0. The Bertz CT molecular complexity index is 470. The van der Waals surface area contributed by atoms with Crippen molar-refractivity contribution < 1.29 is 13.9 Å². The molecular formula is C15H18FNO2. The smallest absolute Gasteiger partial charge is 0.148 e. The molecule has 2 rings (SSSR count). The van der Waals surface area contributed by atoms with E-state index in [1.54, 1.807) is 6.07 Å². The Kier molecular flexibility index (Phi) is 4.64. The van der Waals surface area contributed by atoms with E-state index in [0.29, 0.717) is 18.0 Å². The van der Waals surface area contributed by atoms with Crippen LogP contribution in [0.15, 0.2) is 18.2 Å². The second kappa shape index (κ2) is 6.44. The van der Waals surface area contributed by atoms with Gasteiger partial charge in [0.2, 0.25) is 0 Å². The number of benzene rings is 1. The van der Waals surface area contributed by atoms with E-state index in [1.165, 1.54) is 12.1 Å². The predicted octanol–water partition coefficient (Wildman–Crippen LogP) is 2.82. The van der Waals surface area contributed by atoms with Gasteiger partial charge in [-0.15, -0.1) is 6.42 Å². The number of anilines is 1. The van der Waals surface area contributed by atoms with Gasteiger partial charge in [-0.05, 0) is 31.9 Å². The Morgan fingerprint density at radius 3 is 3.16 bits per heavy atom. The molecule has 102 valence electrons. The van der Waals surface area contributed by atoms with Crippen LogP contribution in [0.2, 0.25) is 0 Å². The fraction of sp³-hybridized carbons (Fsp3) is 0.467. The Morgan fingerprint density at radius 1 is 1.58 bits per heavy atom. The number of nitrogens with one attached hydrogen (secondary N) is 1. The summed E-state index contributed by atoms with van der Waals surface area (Å²) >= 11 is 0. The maximum atomic E-state index is 13.3. The molecule has 1 aliphatic rings. The first-order valence-corrected chi connectivity index (χ1v) is 6.43. The molecule has 0 amide bonds. The minimum absolute atomic E-state index is 0.171. The first-order valence-electron chi connectivity index (χ1n) is 6.43. The van der Waals surface area contributed by atoms with Gasteiger partial charge in [0.25, 0.3) is 0 Å². The van der Waals surface area contributed by atoms with Gasteiger partial charge in [-0.1, -0.05) is 5.92 Å². The standard InChI is InChI=1S/C15H18FNO2/c1-3-7-19-15-5-4-12(16)10-14(15)17-13-6-8-18-11(2)9-13/h1,4-5,10-11,13,17H,6-9H2,2H3/t11-,13+/m0/s1. The Hall–Kier alpha value is -1.73. The molecule has 0 bridgehead atoms. The topological polar surface area (TPSA) is 30.5 Å². The SMILES string of the molecule is C#CCOc1ccc(F)cc1N[C@@H]1CCO[C@@H](C)C1. The molecule has 1 aromatic carbocycles. The lowest BCUT2D eigenvalue weighted by Gasteiger charge is -2.29. The van der Waals surface area contributed by atoms with Crippen LogP contribution >= 0.6 is 0 Å². The van der Waals surface area contributed by atoms with Crippen LogP contribution in [0.3, 0.4) is 0 Å². The third kappa shape index (κ3) is 3.87. The Morgan fingerprint density at radius 2 is 2.42 bits per heavy atom. The van der Waals surface area contributed by atoms with Crippen LogP contribution in [0.25, 0.3) is 0 Å². The second-order valence-corrected chi connectivity index (χ2v) is 4.68. The molecule has 19 heavy (non-hydrogen) atoms. The lowest BCUT2D eigenvalue weighted by Crippen LogP contribution is -2.32. The lowest BCUT2D eigenvalue weighted by molar-refractivity contribution is 0.0232. The van der Waals surface area contributed by atoms with E-state index in [-0.39, 0.29) is 24.6 Å². The van der Waals surface area contributed by atoms with E-state index in [1.807, 2.05) is 6.92 Å². The summed E-state index contributed by atoms with van der Waals surface area (Å²) in [5.41, 5.74) is 0.648. The molecule has 0 aromatic heterocycles. The van der Waals surface area contributed by atoms with Crippen molar-refractivity contribution in [3.05, 3.63) is 24.0 Å². The highest BCUT2D eigenvalue weighted by molar-refractivity contribution is 5.57. The molecular weight excluding hydrogens is 245 g/mol. The predicted molar refractivity (Wildman–Crippen MR) is 72.8 cm³/mol. The Labute approximate surface area is 113 Å². The van der Waals surface area contributed by atoms with Crippen molar-refractivity contribution in [2.45, 2.75) is 31.9 Å². The van der Waals surface area contributed by atoms with Crippen molar-refractivity contribution in [3.63, 3.8) is 0 Å². The number of halogens is 1. The molecule has 1 aliphatic heterocycles. The van der Waals surface area contributed by atoms with E-state index in [9.17, 15) is 4.39 Å². The summed E-state index contributed by atoms with van der Waals surface area (Å²) in [6.07, 6.45) is 7.18. The number of hydrogen-bond acceptors (Lipinski definition) is 3. The van der Waals surface area contributed by atoms with Gasteiger partial charge in [0, 0.05) is 18.7 Å². The third-order valence-corrected chi connectivity index (χ3v) is 3.10. The first-order chi connectivity index (χ1) is 9.19. The van der Waals surface area contributed by atoms with Gasteiger partial charge in [0.05, 0.1) is 11.8 Å². The van der Waals surface area contributed by atoms with Gasteiger partial charge in [0.15, 0.2) is 0 Å². The average molecular weight is 263 g/mol. The highest BCUT2D eigenvalue weighted by Gasteiger charge is 2.20. The summed E-state index contributed by atoms with van der Waals surface area (Å²) < 4.78 is 24.2. The van der Waals surface area contributed by atoms with Crippen LogP contribution in [0.1, 0.15) is 19.8 Å². The molecule has 1 aromatic rings. The molecule has 4 heteroatoms. The van der Waals surface area contributed by atoms with E-state index >= 15 is 0 Å². The molecule has 0 spiro atoms. The van der Waals surface area contributed by atoms with Gasteiger partial charge in [-0.25, -0.2) is 4.39 Å². The van der Waals surface area contributed by atoms with Crippen molar-refractivity contribution in [2.75, 3.05) is 18.5 Å². The molecule has 1 saturated heterocycles. The molecule has 0 radical (unpaired) electrons. The highest BCUT2D eigenvalue weighted by Crippen LogP contribution is 2.28. The van der Waals surface area contributed by atoms with Crippen molar-refractivity contribution in [2.24, 2.45) is 0 Å². The summed E-state index contributed by atoms with van der Waals surface area (Å²) in [4.78, 5) is 0. The number of hydrogen-bond donors (Lipinski definition) is 1. The summed E-state index contributed by atoms with van der Waals surface area (Å²) in [5.74, 6) is 2.69. The van der Waals surface area contributed by atoms with E-state index in [0.717, 1.165) is 12.8 Å². The molecule has 1 N–H and O–H groups in total. The van der Waals surface area contributed by atoms with Crippen molar-refractivity contribution in [1.29, 1.82) is 0 Å².